The van der Waals surface area contributed by atoms with E-state index in [4.69, 9.17) is 18.0 Å². The van der Waals surface area contributed by atoms with Crippen LogP contribution in [0.4, 0.5) is 0 Å². The number of rotatable bonds is 2. The van der Waals surface area contributed by atoms with E-state index in [0.29, 0.717) is 4.99 Å². The van der Waals surface area contributed by atoms with Crippen molar-refractivity contribution in [1.29, 1.82) is 0 Å². The summed E-state index contributed by atoms with van der Waals surface area (Å²) in [6.07, 6.45) is 1.99. The molecule has 0 aliphatic heterocycles. The molecule has 2 N–H and O–H groups in total. The van der Waals surface area contributed by atoms with Gasteiger partial charge in [0, 0.05) is 12.1 Å². The Morgan fingerprint density at radius 3 is 2.93 bits per heavy atom. The van der Waals surface area contributed by atoms with E-state index >= 15 is 0 Å². The second-order valence-corrected chi connectivity index (χ2v) is 4.11. The van der Waals surface area contributed by atoms with E-state index in [1.54, 1.807) is 0 Å². The predicted octanol–water partition coefficient (Wildman–Crippen LogP) is 2.03. The van der Waals surface area contributed by atoms with Gasteiger partial charge in [0.05, 0.1) is 16.4 Å². The monoisotopic (exact) mass is 219 g/mol. The van der Waals surface area contributed by atoms with Crippen LogP contribution in [0.1, 0.15) is 24.2 Å². The fourth-order valence-electron chi connectivity index (χ4n) is 1.79. The average molecular weight is 219 g/mol. The third-order valence-corrected chi connectivity index (χ3v) is 2.94. The molecule has 0 aliphatic rings. The van der Waals surface area contributed by atoms with Gasteiger partial charge in [-0.3, -0.25) is 0 Å². The van der Waals surface area contributed by atoms with E-state index in [9.17, 15) is 0 Å². The fourth-order valence-corrected chi connectivity index (χ4v) is 1.90. The number of hydrogen-bond acceptors (Lipinski definition) is 2. The summed E-state index contributed by atoms with van der Waals surface area (Å²) < 4.78 is 2.04. The van der Waals surface area contributed by atoms with E-state index < -0.39 is 0 Å². The minimum atomic E-state index is 0.0531. The Hall–Kier alpha value is -1.42. The molecule has 0 aliphatic carbocycles. The van der Waals surface area contributed by atoms with E-state index in [-0.39, 0.29) is 5.92 Å². The zero-order chi connectivity index (χ0) is 11.0. The molecular formula is C11H13N3S. The summed E-state index contributed by atoms with van der Waals surface area (Å²) in [5.74, 6) is 0.0531. The topological polar surface area (TPSA) is 43.3 Å². The molecule has 0 spiro atoms. The maximum absolute atomic E-state index is 5.68. The van der Waals surface area contributed by atoms with Gasteiger partial charge in [-0.05, 0) is 19.1 Å². The highest BCUT2D eigenvalue weighted by Crippen LogP contribution is 2.21. The molecule has 0 amide bonds. The first-order valence-corrected chi connectivity index (χ1v) is 5.25. The second kappa shape index (κ2) is 3.62. The number of nitrogens with two attached hydrogens (primary N) is 1. The maximum atomic E-state index is 5.68. The van der Waals surface area contributed by atoms with Crippen LogP contribution in [0, 0.1) is 6.92 Å². The number of hydrogen-bond donors (Lipinski definition) is 1. The fraction of sp³-hybridized carbons (Fsp3) is 0.273. The normalized spacial score (nSPS) is 12.9. The second-order valence-electron chi connectivity index (χ2n) is 3.64. The van der Waals surface area contributed by atoms with Crippen molar-refractivity contribution in [3.63, 3.8) is 0 Å². The molecule has 0 aromatic carbocycles. The van der Waals surface area contributed by atoms with Crippen molar-refractivity contribution >= 4 is 22.9 Å². The van der Waals surface area contributed by atoms with Gasteiger partial charge in [0.1, 0.15) is 5.65 Å². The van der Waals surface area contributed by atoms with Gasteiger partial charge in [0.15, 0.2) is 0 Å². The lowest BCUT2D eigenvalue weighted by Crippen LogP contribution is -2.18. The van der Waals surface area contributed by atoms with Crippen LogP contribution in [0.25, 0.3) is 5.65 Å². The number of thiocarbonyl (C=S) groups is 1. The van der Waals surface area contributed by atoms with Crippen LogP contribution in [-0.2, 0) is 0 Å². The van der Waals surface area contributed by atoms with E-state index in [2.05, 4.69) is 4.98 Å². The zero-order valence-electron chi connectivity index (χ0n) is 8.77. The minimum absolute atomic E-state index is 0.0531. The molecule has 3 nitrogen and oxygen atoms in total. The van der Waals surface area contributed by atoms with Gasteiger partial charge in [-0.2, -0.15) is 0 Å². The summed E-state index contributed by atoms with van der Waals surface area (Å²) in [5, 5.41) is 0. The summed E-state index contributed by atoms with van der Waals surface area (Å²) in [6.45, 7) is 3.99. The smallest absolute Gasteiger partial charge is 0.137 e. The molecule has 0 saturated carbocycles. The molecule has 0 radical (unpaired) electrons. The molecule has 0 saturated heterocycles. The summed E-state index contributed by atoms with van der Waals surface area (Å²) in [7, 11) is 0. The number of fused-ring (bicyclic) bond motifs is 1. The molecule has 1 unspecified atom stereocenters. The SMILES string of the molecule is Cc1nc2ccccn2c1C(C)C(N)=S. The van der Waals surface area contributed by atoms with Gasteiger partial charge >= 0.3 is 0 Å². The first-order valence-electron chi connectivity index (χ1n) is 4.84. The standard InChI is InChI=1S/C11H13N3S/c1-7(11(12)15)10-8(2)13-9-5-3-4-6-14(9)10/h3-7H,1-2H3,(H2,12,15). The molecular weight excluding hydrogens is 206 g/mol. The first-order chi connectivity index (χ1) is 7.11. The average Bonchev–Trinajstić information content (AvgIpc) is 2.52. The van der Waals surface area contributed by atoms with Crippen LogP contribution in [-0.4, -0.2) is 14.4 Å². The molecule has 0 fully saturated rings. The summed E-state index contributed by atoms with van der Waals surface area (Å²) in [6, 6.07) is 5.92. The van der Waals surface area contributed by atoms with Crippen molar-refractivity contribution < 1.29 is 0 Å². The molecule has 4 heteroatoms. The van der Waals surface area contributed by atoms with E-state index in [0.717, 1.165) is 17.0 Å². The van der Waals surface area contributed by atoms with Crippen LogP contribution in [0.2, 0.25) is 0 Å². The van der Waals surface area contributed by atoms with Gasteiger partial charge in [0.25, 0.3) is 0 Å². The van der Waals surface area contributed by atoms with Gasteiger partial charge in [-0.15, -0.1) is 0 Å². The van der Waals surface area contributed by atoms with Crippen molar-refractivity contribution in [3.8, 4) is 0 Å². The highest BCUT2D eigenvalue weighted by atomic mass is 32.1. The van der Waals surface area contributed by atoms with Crippen LogP contribution in [0.3, 0.4) is 0 Å². The molecule has 1 atom stereocenters. The molecule has 2 aromatic rings. The number of pyridine rings is 1. The Morgan fingerprint density at radius 1 is 1.53 bits per heavy atom. The molecule has 78 valence electrons. The Labute approximate surface area is 93.9 Å². The van der Waals surface area contributed by atoms with Gasteiger partial charge < -0.3 is 10.1 Å². The third-order valence-electron chi connectivity index (χ3n) is 2.59. The maximum Gasteiger partial charge on any atom is 0.137 e. The predicted molar refractivity (Wildman–Crippen MR) is 65.1 cm³/mol. The van der Waals surface area contributed by atoms with Crippen LogP contribution >= 0.6 is 12.2 Å². The van der Waals surface area contributed by atoms with Crippen molar-refractivity contribution in [1.82, 2.24) is 9.38 Å². The lowest BCUT2D eigenvalue weighted by Gasteiger charge is -2.10. The summed E-state index contributed by atoms with van der Waals surface area (Å²) >= 11 is 5.03. The zero-order valence-corrected chi connectivity index (χ0v) is 9.58. The summed E-state index contributed by atoms with van der Waals surface area (Å²) in [5.41, 5.74) is 8.68. The van der Waals surface area contributed by atoms with Crippen LogP contribution < -0.4 is 5.73 Å². The molecule has 0 bridgehead atoms. The van der Waals surface area contributed by atoms with Crippen LogP contribution in [0.5, 0.6) is 0 Å². The Bertz CT molecular complexity index is 516. The first kappa shape index (κ1) is 10.1. The van der Waals surface area contributed by atoms with Gasteiger partial charge in [-0.1, -0.05) is 25.2 Å². The largest absolute Gasteiger partial charge is 0.393 e. The van der Waals surface area contributed by atoms with Crippen molar-refractivity contribution in [2.24, 2.45) is 5.73 Å². The highest BCUT2D eigenvalue weighted by molar-refractivity contribution is 7.80. The van der Waals surface area contributed by atoms with Gasteiger partial charge in [0.2, 0.25) is 0 Å². The van der Waals surface area contributed by atoms with E-state index in [1.807, 2.05) is 42.6 Å². The number of imidazole rings is 1. The van der Waals surface area contributed by atoms with E-state index in [1.165, 1.54) is 0 Å². The number of nitrogens with zero attached hydrogens (tertiary/aromatic N) is 2. The lowest BCUT2D eigenvalue weighted by atomic mass is 10.1. The summed E-state index contributed by atoms with van der Waals surface area (Å²) in [4.78, 5) is 4.97. The van der Waals surface area contributed by atoms with Crippen LogP contribution in [0.15, 0.2) is 24.4 Å². The number of aryl methyl sites for hydroxylation is 1. The molecule has 15 heavy (non-hydrogen) atoms. The molecule has 2 heterocycles. The number of aromatic nitrogens is 2. The molecule has 2 rings (SSSR count). The van der Waals surface area contributed by atoms with Crippen molar-refractivity contribution in [2.45, 2.75) is 19.8 Å². The quantitative estimate of drug-likeness (QED) is 0.786. The van der Waals surface area contributed by atoms with Crippen molar-refractivity contribution in [3.05, 3.63) is 35.8 Å². The Morgan fingerprint density at radius 2 is 2.27 bits per heavy atom. The molecule has 2 aromatic heterocycles. The minimum Gasteiger partial charge on any atom is -0.393 e. The third kappa shape index (κ3) is 1.61. The Kier molecular flexibility index (Phi) is 2.44. The lowest BCUT2D eigenvalue weighted by molar-refractivity contribution is 0.913. The highest BCUT2D eigenvalue weighted by Gasteiger charge is 2.16. The Balaban J connectivity index is 2.68. The van der Waals surface area contributed by atoms with Gasteiger partial charge in [-0.25, -0.2) is 4.98 Å². The van der Waals surface area contributed by atoms with Crippen molar-refractivity contribution in [2.75, 3.05) is 0 Å².